The number of thiophene rings is 1. The molecule has 0 saturated carbocycles. The van der Waals surface area contributed by atoms with Gasteiger partial charge in [0.2, 0.25) is 0 Å². The number of anilines is 1. The number of aromatic nitrogens is 1. The number of para-hydroxylation sites is 1. The number of rotatable bonds is 6. The third-order valence-electron chi connectivity index (χ3n) is 8.30. The Morgan fingerprint density at radius 1 is 1.12 bits per heavy atom. The summed E-state index contributed by atoms with van der Waals surface area (Å²) in [6.45, 7) is 11.7. The van der Waals surface area contributed by atoms with Gasteiger partial charge in [-0.25, -0.2) is 9.59 Å². The van der Waals surface area contributed by atoms with Crippen LogP contribution < -0.4 is 5.32 Å². The van der Waals surface area contributed by atoms with E-state index in [0.717, 1.165) is 59.4 Å². The summed E-state index contributed by atoms with van der Waals surface area (Å²) < 4.78 is 11.2. The van der Waals surface area contributed by atoms with Gasteiger partial charge in [-0.05, 0) is 63.1 Å². The fourth-order valence-electron chi connectivity index (χ4n) is 5.88. The molecule has 1 aliphatic heterocycles. The van der Waals surface area contributed by atoms with Crippen LogP contribution in [-0.4, -0.2) is 54.0 Å². The van der Waals surface area contributed by atoms with Gasteiger partial charge in [-0.3, -0.25) is 9.78 Å². The largest absolute Gasteiger partial charge is 0.462 e. The Hall–Kier alpha value is -3.30. The number of nitrogens with one attached hydrogen (secondary N) is 1. The van der Waals surface area contributed by atoms with Crippen LogP contribution in [0.4, 0.5) is 5.00 Å². The SMILES string of the molecule is CCOC(=O)c1c(NC(=O)C(C)OC(=O)c2c3c(nc4ccccc24)CCN(C)C3)sc2c1CCC(C(C)(C)C)C2. The third-order valence-corrected chi connectivity index (χ3v) is 9.47. The quantitative estimate of drug-likeness (QED) is 0.370. The number of benzene rings is 1. The number of amides is 1. The number of carbonyl (C=O) groups excluding carboxylic acids is 3. The van der Waals surface area contributed by atoms with Crippen molar-refractivity contribution in [3.63, 3.8) is 0 Å². The number of ether oxygens (including phenoxy) is 2. The Morgan fingerprint density at radius 3 is 2.61 bits per heavy atom. The lowest BCUT2D eigenvalue weighted by atomic mass is 9.72. The number of likely N-dealkylation sites (N-methyl/N-ethyl adjacent to an activating group) is 1. The van der Waals surface area contributed by atoms with Crippen LogP contribution >= 0.6 is 11.3 Å². The number of pyridine rings is 1. The van der Waals surface area contributed by atoms with Crippen molar-refractivity contribution in [2.75, 3.05) is 25.5 Å². The van der Waals surface area contributed by atoms with Crippen LogP contribution in [0.5, 0.6) is 0 Å². The molecule has 2 unspecified atom stereocenters. The van der Waals surface area contributed by atoms with E-state index in [4.69, 9.17) is 14.5 Å². The molecule has 1 N–H and O–H groups in total. The zero-order valence-electron chi connectivity index (χ0n) is 24.8. The Labute approximate surface area is 245 Å². The molecule has 0 radical (unpaired) electrons. The number of hydrogen-bond acceptors (Lipinski definition) is 8. The molecule has 2 aromatic heterocycles. The summed E-state index contributed by atoms with van der Waals surface area (Å²) in [5.74, 6) is -0.994. The average Bonchev–Trinajstić information content (AvgIpc) is 3.28. The second kappa shape index (κ2) is 11.5. The first-order valence-electron chi connectivity index (χ1n) is 14.4. The van der Waals surface area contributed by atoms with Gasteiger partial charge in [0.05, 0.1) is 23.3 Å². The molecule has 1 aromatic carbocycles. The van der Waals surface area contributed by atoms with Crippen LogP contribution in [0.2, 0.25) is 0 Å². The van der Waals surface area contributed by atoms with Crippen LogP contribution in [0.15, 0.2) is 24.3 Å². The summed E-state index contributed by atoms with van der Waals surface area (Å²) in [5.41, 5.74) is 4.47. The topological polar surface area (TPSA) is 97.8 Å². The number of fused-ring (bicyclic) bond motifs is 3. The fourth-order valence-corrected chi connectivity index (χ4v) is 7.20. The number of esters is 2. The molecule has 0 spiro atoms. The summed E-state index contributed by atoms with van der Waals surface area (Å²) in [7, 11) is 2.01. The highest BCUT2D eigenvalue weighted by atomic mass is 32.1. The monoisotopic (exact) mass is 577 g/mol. The van der Waals surface area contributed by atoms with Gasteiger partial charge in [-0.15, -0.1) is 11.3 Å². The van der Waals surface area contributed by atoms with E-state index in [1.54, 1.807) is 13.8 Å². The predicted octanol–water partition coefficient (Wildman–Crippen LogP) is 5.80. The van der Waals surface area contributed by atoms with Crippen LogP contribution in [0.25, 0.3) is 10.9 Å². The minimum absolute atomic E-state index is 0.142. The molecule has 41 heavy (non-hydrogen) atoms. The summed E-state index contributed by atoms with van der Waals surface area (Å²) in [4.78, 5) is 48.1. The van der Waals surface area contributed by atoms with Crippen LogP contribution in [-0.2, 0) is 40.1 Å². The minimum atomic E-state index is -1.08. The van der Waals surface area contributed by atoms with Crippen LogP contribution in [0.1, 0.15) is 83.5 Å². The average molecular weight is 578 g/mol. The van der Waals surface area contributed by atoms with Crippen molar-refractivity contribution < 1.29 is 23.9 Å². The van der Waals surface area contributed by atoms with Crippen molar-refractivity contribution in [1.82, 2.24) is 9.88 Å². The Morgan fingerprint density at radius 2 is 1.88 bits per heavy atom. The summed E-state index contributed by atoms with van der Waals surface area (Å²) >= 11 is 1.43. The molecule has 2 atom stereocenters. The Kier molecular flexibility index (Phi) is 8.21. The second-order valence-corrected chi connectivity index (χ2v) is 13.3. The highest BCUT2D eigenvalue weighted by Crippen LogP contribution is 2.44. The van der Waals surface area contributed by atoms with Gasteiger partial charge in [0.25, 0.3) is 5.91 Å². The summed E-state index contributed by atoms with van der Waals surface area (Å²) in [5, 5.41) is 4.08. The van der Waals surface area contributed by atoms with E-state index in [9.17, 15) is 14.4 Å². The smallest absolute Gasteiger partial charge is 0.341 e. The molecule has 8 nitrogen and oxygen atoms in total. The molecule has 0 fully saturated rings. The molecule has 3 aromatic rings. The van der Waals surface area contributed by atoms with E-state index in [2.05, 4.69) is 31.0 Å². The van der Waals surface area contributed by atoms with Crippen molar-refractivity contribution in [3.8, 4) is 0 Å². The van der Waals surface area contributed by atoms with Gasteiger partial charge >= 0.3 is 11.9 Å². The normalized spacial score (nSPS) is 17.9. The maximum absolute atomic E-state index is 13.6. The molecule has 2 aliphatic rings. The second-order valence-electron chi connectivity index (χ2n) is 12.2. The van der Waals surface area contributed by atoms with E-state index < -0.39 is 23.9 Å². The van der Waals surface area contributed by atoms with Crippen molar-refractivity contribution in [3.05, 3.63) is 57.1 Å². The Balaban J connectivity index is 1.40. The zero-order valence-corrected chi connectivity index (χ0v) is 25.6. The Bertz CT molecular complexity index is 1510. The van der Waals surface area contributed by atoms with E-state index in [1.807, 2.05) is 31.3 Å². The first-order valence-corrected chi connectivity index (χ1v) is 15.2. The predicted molar refractivity (Wildman–Crippen MR) is 161 cm³/mol. The van der Waals surface area contributed by atoms with Crippen molar-refractivity contribution in [2.45, 2.75) is 73.0 Å². The highest BCUT2D eigenvalue weighted by Gasteiger charge is 2.35. The molecular formula is C32H39N3O5S. The molecule has 3 heterocycles. The van der Waals surface area contributed by atoms with Gasteiger partial charge in [-0.2, -0.15) is 0 Å². The third kappa shape index (κ3) is 5.88. The molecule has 1 aliphatic carbocycles. The van der Waals surface area contributed by atoms with Crippen LogP contribution in [0.3, 0.4) is 0 Å². The fraction of sp³-hybridized carbons (Fsp3) is 0.500. The standard InChI is InChI=1S/C32H39N3O5S/c1-7-39-30(37)27-21-13-12-19(32(3,4)5)16-25(21)41-29(27)34-28(36)18(2)40-31(38)26-20-10-8-9-11-23(20)33-24-14-15-35(6)17-22(24)26/h8-11,18-19H,7,12-17H2,1-6H3,(H,34,36). The molecular weight excluding hydrogens is 538 g/mol. The maximum atomic E-state index is 13.6. The van der Waals surface area contributed by atoms with E-state index in [0.29, 0.717) is 34.0 Å². The van der Waals surface area contributed by atoms with Gasteiger partial charge < -0.3 is 19.7 Å². The van der Waals surface area contributed by atoms with E-state index in [1.165, 1.54) is 11.3 Å². The summed E-state index contributed by atoms with van der Waals surface area (Å²) in [6.07, 6.45) is 2.24. The molecule has 0 saturated heterocycles. The molecule has 0 bridgehead atoms. The highest BCUT2D eigenvalue weighted by molar-refractivity contribution is 7.17. The summed E-state index contributed by atoms with van der Waals surface area (Å²) in [6, 6.07) is 7.52. The first kappa shape index (κ1) is 29.2. The number of hydrogen-bond donors (Lipinski definition) is 1. The van der Waals surface area contributed by atoms with Gasteiger partial charge in [0.1, 0.15) is 5.00 Å². The molecule has 1 amide bonds. The maximum Gasteiger partial charge on any atom is 0.341 e. The minimum Gasteiger partial charge on any atom is -0.462 e. The lowest BCUT2D eigenvalue weighted by Crippen LogP contribution is -2.32. The molecule has 218 valence electrons. The van der Waals surface area contributed by atoms with Crippen molar-refractivity contribution >= 4 is 45.1 Å². The van der Waals surface area contributed by atoms with Gasteiger partial charge in [0, 0.05) is 41.0 Å². The lowest BCUT2D eigenvalue weighted by Gasteiger charge is -2.33. The van der Waals surface area contributed by atoms with Crippen molar-refractivity contribution in [1.29, 1.82) is 0 Å². The number of carbonyl (C=O) groups is 3. The number of nitrogens with zero attached hydrogens (tertiary/aromatic N) is 2. The molecule has 9 heteroatoms. The van der Waals surface area contributed by atoms with Crippen LogP contribution in [0, 0.1) is 11.3 Å². The van der Waals surface area contributed by atoms with Gasteiger partial charge in [0.15, 0.2) is 6.10 Å². The lowest BCUT2D eigenvalue weighted by molar-refractivity contribution is -0.123. The first-order chi connectivity index (χ1) is 19.5. The van der Waals surface area contributed by atoms with Gasteiger partial charge in [-0.1, -0.05) is 39.0 Å². The molecule has 5 rings (SSSR count). The van der Waals surface area contributed by atoms with E-state index in [-0.39, 0.29) is 12.0 Å². The van der Waals surface area contributed by atoms with E-state index >= 15 is 0 Å². The zero-order chi connectivity index (χ0) is 29.5. The van der Waals surface area contributed by atoms with Crippen molar-refractivity contribution in [2.24, 2.45) is 11.3 Å².